The molecule has 2 rings (SSSR count). The molecule has 0 aliphatic heterocycles. The number of hydrogen-bond acceptors (Lipinski definition) is 2. The van der Waals surface area contributed by atoms with E-state index in [4.69, 9.17) is 4.74 Å². The van der Waals surface area contributed by atoms with Crippen LogP contribution in [0.4, 0.5) is 4.39 Å². The zero-order valence-electron chi connectivity index (χ0n) is 16.5. The Balaban J connectivity index is 2.64. The maximum Gasteiger partial charge on any atom is 0.338 e. The zero-order valence-corrected chi connectivity index (χ0v) is 16.5. The fourth-order valence-corrected chi connectivity index (χ4v) is 3.88. The molecule has 140 valence electrons. The second-order valence-corrected chi connectivity index (χ2v) is 7.57. The number of rotatable bonds is 5. The van der Waals surface area contributed by atoms with E-state index in [1.807, 2.05) is 6.92 Å². The van der Waals surface area contributed by atoms with Gasteiger partial charge in [-0.15, -0.1) is 0 Å². The molecule has 1 aromatic rings. The van der Waals surface area contributed by atoms with Crippen LogP contribution in [0.5, 0.6) is 0 Å². The molecule has 0 saturated carbocycles. The van der Waals surface area contributed by atoms with Gasteiger partial charge in [-0.05, 0) is 74.3 Å². The van der Waals surface area contributed by atoms with Crippen LogP contribution in [0, 0.1) is 11.2 Å². The van der Waals surface area contributed by atoms with E-state index in [0.717, 1.165) is 30.4 Å². The first-order chi connectivity index (χ1) is 12.2. The molecule has 3 heteroatoms. The minimum absolute atomic E-state index is 0.0335. The Labute approximate surface area is 156 Å². The van der Waals surface area contributed by atoms with Crippen LogP contribution in [-0.4, -0.2) is 12.6 Å². The monoisotopic (exact) mass is 356 g/mol. The van der Waals surface area contributed by atoms with E-state index >= 15 is 4.39 Å². The van der Waals surface area contributed by atoms with Gasteiger partial charge in [0.1, 0.15) is 5.82 Å². The third-order valence-electron chi connectivity index (χ3n) is 5.16. The molecule has 0 saturated heterocycles. The van der Waals surface area contributed by atoms with Crippen LogP contribution in [0.15, 0.2) is 47.6 Å². The molecule has 0 spiro atoms. The van der Waals surface area contributed by atoms with Crippen LogP contribution in [0.25, 0.3) is 5.57 Å². The lowest BCUT2D eigenvalue weighted by atomic mass is 9.68. The van der Waals surface area contributed by atoms with E-state index in [-0.39, 0.29) is 17.6 Å². The van der Waals surface area contributed by atoms with Crippen LogP contribution in [0.3, 0.4) is 0 Å². The summed E-state index contributed by atoms with van der Waals surface area (Å²) in [5.41, 5.74) is 5.05. The molecule has 0 radical (unpaired) electrons. The lowest BCUT2D eigenvalue weighted by molar-refractivity contribution is 0.0526. The van der Waals surface area contributed by atoms with E-state index in [9.17, 15) is 4.79 Å². The Morgan fingerprint density at radius 2 is 2.08 bits per heavy atom. The first-order valence-corrected chi connectivity index (χ1v) is 9.24. The van der Waals surface area contributed by atoms with Crippen molar-refractivity contribution in [3.05, 3.63) is 64.5 Å². The summed E-state index contributed by atoms with van der Waals surface area (Å²) in [7, 11) is 0. The van der Waals surface area contributed by atoms with Gasteiger partial charge < -0.3 is 4.74 Å². The SMILES string of the molecule is C=C/C(C)=C(\C1=C(C)CCCC1(C)C)c1ccc(C(=O)OCC)cc1F. The fraction of sp³-hybridized carbons (Fsp3) is 0.435. The molecule has 0 amide bonds. The Kier molecular flexibility index (Phi) is 6.22. The summed E-state index contributed by atoms with van der Waals surface area (Å²) in [5, 5.41) is 0. The van der Waals surface area contributed by atoms with Crippen molar-refractivity contribution in [2.75, 3.05) is 6.61 Å². The molecular weight excluding hydrogens is 327 g/mol. The van der Waals surface area contributed by atoms with Crippen molar-refractivity contribution in [1.82, 2.24) is 0 Å². The summed E-state index contributed by atoms with van der Waals surface area (Å²) < 4.78 is 20.0. The average molecular weight is 356 g/mol. The van der Waals surface area contributed by atoms with Crippen LogP contribution >= 0.6 is 0 Å². The number of carbonyl (C=O) groups excluding carboxylic acids is 1. The van der Waals surface area contributed by atoms with Crippen molar-refractivity contribution < 1.29 is 13.9 Å². The average Bonchev–Trinajstić information content (AvgIpc) is 2.58. The summed E-state index contributed by atoms with van der Waals surface area (Å²) in [4.78, 5) is 11.9. The van der Waals surface area contributed by atoms with E-state index < -0.39 is 11.8 Å². The highest BCUT2D eigenvalue weighted by molar-refractivity contribution is 5.91. The molecule has 0 N–H and O–H groups in total. The molecule has 0 unspecified atom stereocenters. The Morgan fingerprint density at radius 1 is 1.38 bits per heavy atom. The van der Waals surface area contributed by atoms with Gasteiger partial charge in [0.15, 0.2) is 0 Å². The molecule has 0 bridgehead atoms. The summed E-state index contributed by atoms with van der Waals surface area (Å²) in [5.74, 6) is -0.911. The highest BCUT2D eigenvalue weighted by Gasteiger charge is 2.32. The molecule has 0 aromatic heterocycles. The molecule has 1 aromatic carbocycles. The van der Waals surface area contributed by atoms with Crippen molar-refractivity contribution in [2.24, 2.45) is 5.41 Å². The predicted octanol–water partition coefficient (Wildman–Crippen LogP) is 6.49. The lowest BCUT2D eigenvalue weighted by Gasteiger charge is -2.37. The van der Waals surface area contributed by atoms with E-state index in [0.29, 0.717) is 5.56 Å². The molecule has 0 fully saturated rings. The first kappa shape index (κ1) is 20.2. The number of benzene rings is 1. The summed E-state index contributed by atoms with van der Waals surface area (Å²) >= 11 is 0. The number of carbonyl (C=O) groups is 1. The Hall–Kier alpha value is -2.16. The summed E-state index contributed by atoms with van der Waals surface area (Å²) in [6.45, 7) is 14.4. The highest BCUT2D eigenvalue weighted by Crippen LogP contribution is 2.48. The van der Waals surface area contributed by atoms with Crippen molar-refractivity contribution in [1.29, 1.82) is 0 Å². The third kappa shape index (κ3) is 3.98. The first-order valence-electron chi connectivity index (χ1n) is 9.24. The van der Waals surface area contributed by atoms with Gasteiger partial charge in [0.2, 0.25) is 0 Å². The molecule has 2 nitrogen and oxygen atoms in total. The van der Waals surface area contributed by atoms with Crippen molar-refractivity contribution in [3.8, 4) is 0 Å². The number of halogens is 1. The normalized spacial score (nSPS) is 17.6. The highest BCUT2D eigenvalue weighted by atomic mass is 19.1. The van der Waals surface area contributed by atoms with Gasteiger partial charge in [-0.2, -0.15) is 0 Å². The largest absolute Gasteiger partial charge is 0.462 e. The smallest absolute Gasteiger partial charge is 0.338 e. The van der Waals surface area contributed by atoms with Crippen LogP contribution in [0.2, 0.25) is 0 Å². The number of esters is 1. The van der Waals surface area contributed by atoms with Gasteiger partial charge in [-0.1, -0.05) is 38.1 Å². The van der Waals surface area contributed by atoms with Crippen LogP contribution < -0.4 is 0 Å². The standard InChI is InChI=1S/C23H29FO2/c1-7-15(3)20(21-16(4)10-9-13-23(21,5)6)18-12-11-17(14-19(18)24)22(25)26-8-2/h7,11-12,14H,1,8-10,13H2,2-6H3/b20-15-. The van der Waals surface area contributed by atoms with E-state index in [2.05, 4.69) is 27.4 Å². The molecule has 26 heavy (non-hydrogen) atoms. The van der Waals surface area contributed by atoms with E-state index in [1.165, 1.54) is 17.2 Å². The maximum atomic E-state index is 15.0. The molecule has 1 aliphatic rings. The lowest BCUT2D eigenvalue weighted by Crippen LogP contribution is -2.22. The zero-order chi connectivity index (χ0) is 19.5. The van der Waals surface area contributed by atoms with Gasteiger partial charge in [0.05, 0.1) is 12.2 Å². The number of hydrogen-bond donors (Lipinski definition) is 0. The maximum absolute atomic E-state index is 15.0. The van der Waals surface area contributed by atoms with Crippen molar-refractivity contribution in [3.63, 3.8) is 0 Å². The van der Waals surface area contributed by atoms with Gasteiger partial charge >= 0.3 is 5.97 Å². The molecular formula is C23H29FO2. The molecule has 0 atom stereocenters. The van der Waals surface area contributed by atoms with Gasteiger partial charge in [-0.3, -0.25) is 0 Å². The third-order valence-corrected chi connectivity index (χ3v) is 5.16. The molecule has 0 heterocycles. The van der Waals surface area contributed by atoms with Gasteiger partial charge in [0, 0.05) is 5.56 Å². The summed E-state index contributed by atoms with van der Waals surface area (Å²) in [6, 6.07) is 4.60. The Morgan fingerprint density at radius 3 is 2.62 bits per heavy atom. The molecule has 1 aliphatic carbocycles. The van der Waals surface area contributed by atoms with Gasteiger partial charge in [0.25, 0.3) is 0 Å². The summed E-state index contributed by atoms with van der Waals surface area (Å²) in [6.07, 6.45) is 5.01. The quantitative estimate of drug-likeness (QED) is 0.445. The topological polar surface area (TPSA) is 26.3 Å². The van der Waals surface area contributed by atoms with Crippen molar-refractivity contribution in [2.45, 2.75) is 53.9 Å². The van der Waals surface area contributed by atoms with Crippen molar-refractivity contribution >= 4 is 11.5 Å². The van der Waals surface area contributed by atoms with Gasteiger partial charge in [-0.25, -0.2) is 9.18 Å². The second-order valence-electron chi connectivity index (χ2n) is 7.57. The minimum atomic E-state index is -0.502. The minimum Gasteiger partial charge on any atom is -0.462 e. The second kappa shape index (κ2) is 8.03. The van der Waals surface area contributed by atoms with Crippen LogP contribution in [0.1, 0.15) is 69.8 Å². The number of ether oxygens (including phenoxy) is 1. The number of allylic oxidation sites excluding steroid dienone is 5. The fourth-order valence-electron chi connectivity index (χ4n) is 3.88. The predicted molar refractivity (Wildman–Crippen MR) is 105 cm³/mol. The van der Waals surface area contributed by atoms with E-state index in [1.54, 1.807) is 25.1 Å². The Bertz CT molecular complexity index is 781. The van der Waals surface area contributed by atoms with Crippen LogP contribution in [-0.2, 0) is 4.74 Å².